The maximum Gasteiger partial charge on any atom is 0.203 e. The Balaban J connectivity index is 2.01. The lowest BCUT2D eigenvalue weighted by molar-refractivity contribution is -0.279. The molecule has 3 N–H and O–H groups in total. The Morgan fingerprint density at radius 1 is 0.861 bits per heavy atom. The van der Waals surface area contributed by atoms with Gasteiger partial charge in [-0.1, -0.05) is 12.1 Å². The molecule has 2 aromatic carbocycles. The minimum Gasteiger partial charge on any atom is -0.493 e. The summed E-state index contributed by atoms with van der Waals surface area (Å²) in [7, 11) is 7.35. The Labute approximate surface area is 210 Å². The van der Waals surface area contributed by atoms with E-state index in [4.69, 9.17) is 37.9 Å². The third kappa shape index (κ3) is 5.94. The topological polar surface area (TPSA) is 135 Å². The summed E-state index contributed by atoms with van der Waals surface area (Å²) in [5.74, 6) is 1.95. The summed E-state index contributed by atoms with van der Waals surface area (Å²) in [6.45, 7) is -0.552. The van der Waals surface area contributed by atoms with Crippen molar-refractivity contribution in [2.45, 2.75) is 36.8 Å². The molecular formula is C25H34O11. The molecule has 0 saturated carbocycles. The van der Waals surface area contributed by atoms with Gasteiger partial charge in [0.25, 0.3) is 0 Å². The molecular weight excluding hydrogens is 476 g/mol. The van der Waals surface area contributed by atoms with Gasteiger partial charge in [0.2, 0.25) is 5.75 Å². The van der Waals surface area contributed by atoms with Crippen LogP contribution in [0, 0.1) is 0 Å². The van der Waals surface area contributed by atoms with E-state index in [-0.39, 0.29) is 12.4 Å². The van der Waals surface area contributed by atoms with E-state index in [1.807, 2.05) is 0 Å². The van der Waals surface area contributed by atoms with Crippen LogP contribution in [0.1, 0.15) is 11.7 Å². The van der Waals surface area contributed by atoms with Crippen molar-refractivity contribution in [3.05, 3.63) is 42.0 Å². The standard InChI is InChI=1S/C25H34O11/c1-29-15-10-9-14(11-18(15)32-4)23(36-20-13-34-25(33-5)22(28)21(20)27)19(12-26)35-24-16(30-2)7-6-8-17(24)31-3/h6-11,19-23,25-28H,12-13H2,1-5H3/t19?,20-,21+,22-,23?,25-/m1/s1. The Bertz CT molecular complexity index is 947. The van der Waals surface area contributed by atoms with Crippen LogP contribution in [0.2, 0.25) is 0 Å². The van der Waals surface area contributed by atoms with E-state index in [1.165, 1.54) is 35.5 Å². The number of methoxy groups -OCH3 is 5. The number of ether oxygens (including phenoxy) is 8. The Kier molecular flexibility index (Phi) is 9.99. The molecule has 1 saturated heterocycles. The maximum absolute atomic E-state index is 10.7. The molecule has 0 bridgehead atoms. The second kappa shape index (κ2) is 12.9. The highest BCUT2D eigenvalue weighted by Crippen LogP contribution is 2.41. The van der Waals surface area contributed by atoms with E-state index in [1.54, 1.807) is 36.4 Å². The number of hydrogen-bond acceptors (Lipinski definition) is 11. The molecule has 200 valence electrons. The molecule has 0 aliphatic carbocycles. The second-order valence-electron chi connectivity index (χ2n) is 7.96. The van der Waals surface area contributed by atoms with Gasteiger partial charge < -0.3 is 53.2 Å². The SMILES string of the molecule is COc1ccc(C(O[C@@H]2CO[C@@H](OC)[C@H](O)[C@H]2O)C(CO)Oc2c(OC)cccc2OC)cc1OC. The van der Waals surface area contributed by atoms with Crippen LogP contribution in [0.4, 0.5) is 0 Å². The fourth-order valence-corrected chi connectivity index (χ4v) is 3.97. The zero-order valence-corrected chi connectivity index (χ0v) is 21.0. The lowest BCUT2D eigenvalue weighted by atomic mass is 10.0. The zero-order valence-electron chi connectivity index (χ0n) is 21.0. The number of para-hydroxylation sites is 1. The summed E-state index contributed by atoms with van der Waals surface area (Å²) in [4.78, 5) is 0. The molecule has 3 rings (SSSR count). The Morgan fingerprint density at radius 3 is 2.06 bits per heavy atom. The fraction of sp³-hybridized carbons (Fsp3) is 0.520. The minimum absolute atomic E-state index is 0.0728. The average molecular weight is 511 g/mol. The molecule has 0 spiro atoms. The lowest BCUT2D eigenvalue weighted by Gasteiger charge is -2.39. The molecule has 2 aromatic rings. The first-order valence-corrected chi connectivity index (χ1v) is 11.3. The maximum atomic E-state index is 10.7. The fourth-order valence-electron chi connectivity index (χ4n) is 3.97. The van der Waals surface area contributed by atoms with Gasteiger partial charge >= 0.3 is 0 Å². The first-order chi connectivity index (χ1) is 17.4. The molecule has 0 aromatic heterocycles. The van der Waals surface area contributed by atoms with Crippen molar-refractivity contribution in [1.82, 2.24) is 0 Å². The smallest absolute Gasteiger partial charge is 0.203 e. The van der Waals surface area contributed by atoms with Crippen LogP contribution in [-0.2, 0) is 14.2 Å². The van der Waals surface area contributed by atoms with Crippen LogP contribution in [0.25, 0.3) is 0 Å². The molecule has 1 aliphatic rings. The molecule has 2 unspecified atom stereocenters. The summed E-state index contributed by atoms with van der Waals surface area (Å²) in [5.41, 5.74) is 0.552. The number of benzene rings is 2. The van der Waals surface area contributed by atoms with Crippen molar-refractivity contribution < 1.29 is 53.2 Å². The van der Waals surface area contributed by atoms with Gasteiger partial charge in [-0.3, -0.25) is 0 Å². The summed E-state index contributed by atoms with van der Waals surface area (Å²) in [6.07, 6.45) is -6.60. The highest BCUT2D eigenvalue weighted by Gasteiger charge is 2.42. The van der Waals surface area contributed by atoms with Crippen molar-refractivity contribution in [2.75, 3.05) is 48.8 Å². The molecule has 0 radical (unpaired) electrons. The van der Waals surface area contributed by atoms with Crippen LogP contribution in [0.3, 0.4) is 0 Å². The van der Waals surface area contributed by atoms with Crippen molar-refractivity contribution in [2.24, 2.45) is 0 Å². The van der Waals surface area contributed by atoms with Gasteiger partial charge in [0.1, 0.15) is 24.4 Å². The van der Waals surface area contributed by atoms with Crippen molar-refractivity contribution in [3.8, 4) is 28.7 Å². The molecule has 1 aliphatic heterocycles. The average Bonchev–Trinajstić information content (AvgIpc) is 2.92. The van der Waals surface area contributed by atoms with Gasteiger partial charge in [-0.05, 0) is 29.8 Å². The predicted octanol–water partition coefficient (Wildman–Crippen LogP) is 1.31. The molecule has 0 amide bonds. The molecule has 1 fully saturated rings. The Hall–Kier alpha value is -2.80. The monoisotopic (exact) mass is 510 g/mol. The van der Waals surface area contributed by atoms with E-state index in [2.05, 4.69) is 0 Å². The van der Waals surface area contributed by atoms with Crippen molar-refractivity contribution >= 4 is 0 Å². The third-order valence-corrected chi connectivity index (χ3v) is 5.89. The molecule has 36 heavy (non-hydrogen) atoms. The van der Waals surface area contributed by atoms with Gasteiger partial charge in [0, 0.05) is 7.11 Å². The van der Waals surface area contributed by atoms with Gasteiger partial charge in [-0.15, -0.1) is 0 Å². The van der Waals surface area contributed by atoms with E-state index in [0.717, 1.165) is 0 Å². The van der Waals surface area contributed by atoms with Crippen molar-refractivity contribution in [3.63, 3.8) is 0 Å². The molecule has 11 nitrogen and oxygen atoms in total. The zero-order chi connectivity index (χ0) is 26.2. The normalized spacial score (nSPS) is 23.4. The highest BCUT2D eigenvalue weighted by molar-refractivity contribution is 5.51. The van der Waals surface area contributed by atoms with Crippen molar-refractivity contribution in [1.29, 1.82) is 0 Å². The molecule has 6 atom stereocenters. The summed E-state index contributed by atoms with van der Waals surface area (Å²) >= 11 is 0. The number of aliphatic hydroxyl groups is 3. The van der Waals surface area contributed by atoms with Crippen LogP contribution in [-0.4, -0.2) is 94.8 Å². The molecule has 11 heteroatoms. The van der Waals surface area contributed by atoms with E-state index in [9.17, 15) is 15.3 Å². The second-order valence-corrected chi connectivity index (χ2v) is 7.96. The third-order valence-electron chi connectivity index (χ3n) is 5.89. The van der Waals surface area contributed by atoms with Gasteiger partial charge in [-0.2, -0.15) is 0 Å². The Morgan fingerprint density at radius 2 is 1.50 bits per heavy atom. The van der Waals surface area contributed by atoms with E-state index >= 15 is 0 Å². The van der Waals surface area contributed by atoms with Gasteiger partial charge in [0.05, 0.1) is 41.7 Å². The van der Waals surface area contributed by atoms with Gasteiger partial charge in [0.15, 0.2) is 35.4 Å². The van der Waals surface area contributed by atoms with Crippen LogP contribution in [0.15, 0.2) is 36.4 Å². The summed E-state index contributed by atoms with van der Waals surface area (Å²) in [6, 6.07) is 10.2. The largest absolute Gasteiger partial charge is 0.493 e. The van der Waals surface area contributed by atoms with Crippen LogP contribution >= 0.6 is 0 Å². The lowest BCUT2D eigenvalue weighted by Crippen LogP contribution is -2.55. The van der Waals surface area contributed by atoms with Crippen LogP contribution in [0.5, 0.6) is 28.7 Å². The quantitative estimate of drug-likeness (QED) is 0.381. The van der Waals surface area contributed by atoms with Crippen LogP contribution < -0.4 is 23.7 Å². The first kappa shape index (κ1) is 27.8. The number of rotatable bonds is 12. The van der Waals surface area contributed by atoms with Gasteiger partial charge in [-0.25, -0.2) is 0 Å². The number of aliphatic hydroxyl groups excluding tert-OH is 3. The predicted molar refractivity (Wildman–Crippen MR) is 127 cm³/mol. The molecule has 1 heterocycles. The minimum atomic E-state index is -1.34. The summed E-state index contributed by atoms with van der Waals surface area (Å²) < 4.78 is 44.6. The highest BCUT2D eigenvalue weighted by atomic mass is 16.7. The first-order valence-electron chi connectivity index (χ1n) is 11.3. The number of hydrogen-bond donors (Lipinski definition) is 3. The summed E-state index contributed by atoms with van der Waals surface area (Å²) in [5, 5.41) is 31.5. The van der Waals surface area contributed by atoms with E-state index < -0.39 is 43.4 Å². The van der Waals surface area contributed by atoms with E-state index in [0.29, 0.717) is 28.6 Å².